The molecule has 3 rings (SSSR count). The summed E-state index contributed by atoms with van der Waals surface area (Å²) in [7, 11) is 0. The van der Waals surface area contributed by atoms with Gasteiger partial charge in [-0.1, -0.05) is 30.3 Å². The highest BCUT2D eigenvalue weighted by molar-refractivity contribution is 7.08. The monoisotopic (exact) mass is 387 g/mol. The number of rotatable bonds is 8. The number of hydrogen-bond acceptors (Lipinski definition) is 5. The lowest BCUT2D eigenvalue weighted by molar-refractivity contribution is -0.122. The molecule has 6 nitrogen and oxygen atoms in total. The van der Waals surface area contributed by atoms with Crippen LogP contribution in [0.5, 0.6) is 0 Å². The number of ether oxygens (including phenoxy) is 1. The molecule has 1 aromatic carbocycles. The summed E-state index contributed by atoms with van der Waals surface area (Å²) in [6, 6.07) is 12.1. The quantitative estimate of drug-likeness (QED) is 0.726. The Hall–Kier alpha value is -2.22. The largest absolute Gasteiger partial charge is 0.374 e. The second kappa shape index (κ2) is 10.2. The van der Waals surface area contributed by atoms with Crippen LogP contribution in [-0.4, -0.2) is 55.6 Å². The van der Waals surface area contributed by atoms with Gasteiger partial charge < -0.3 is 15.4 Å². The molecule has 144 valence electrons. The molecule has 1 aliphatic heterocycles. The minimum absolute atomic E-state index is 0.00758. The first-order valence-corrected chi connectivity index (χ1v) is 10.1. The number of thiophene rings is 1. The van der Waals surface area contributed by atoms with Crippen molar-refractivity contribution in [3.63, 3.8) is 0 Å². The van der Waals surface area contributed by atoms with Gasteiger partial charge in [-0.3, -0.25) is 14.5 Å². The Labute approximate surface area is 163 Å². The fraction of sp³-hybridized carbons (Fsp3) is 0.400. The van der Waals surface area contributed by atoms with E-state index in [4.69, 9.17) is 4.74 Å². The van der Waals surface area contributed by atoms with Crippen LogP contribution in [0.4, 0.5) is 0 Å². The van der Waals surface area contributed by atoms with Gasteiger partial charge in [-0.05, 0) is 17.0 Å². The molecule has 1 atom stereocenters. The third-order valence-electron chi connectivity index (χ3n) is 4.42. The maximum atomic E-state index is 12.0. The average molecular weight is 388 g/mol. The van der Waals surface area contributed by atoms with E-state index in [1.807, 2.05) is 23.6 Å². The van der Waals surface area contributed by atoms with Crippen molar-refractivity contribution >= 4 is 23.2 Å². The maximum Gasteiger partial charge on any atom is 0.252 e. The van der Waals surface area contributed by atoms with Crippen LogP contribution in [0, 0.1) is 0 Å². The van der Waals surface area contributed by atoms with Gasteiger partial charge in [0, 0.05) is 50.1 Å². The number of nitrogens with zero attached hydrogens (tertiary/aromatic N) is 1. The maximum absolute atomic E-state index is 12.0. The summed E-state index contributed by atoms with van der Waals surface area (Å²) in [6.07, 6.45) is 0.253. The van der Waals surface area contributed by atoms with Crippen LogP contribution in [0.15, 0.2) is 47.2 Å². The number of carbonyl (C=O) groups excluding carboxylic acids is 2. The summed E-state index contributed by atoms with van der Waals surface area (Å²) < 4.78 is 5.76. The predicted octanol–water partition coefficient (Wildman–Crippen LogP) is 1.89. The van der Waals surface area contributed by atoms with Crippen molar-refractivity contribution in [3.05, 3.63) is 58.3 Å². The average Bonchev–Trinajstić information content (AvgIpc) is 3.22. The van der Waals surface area contributed by atoms with Crippen LogP contribution in [0.25, 0.3) is 0 Å². The molecule has 1 saturated heterocycles. The molecule has 2 amide bonds. The summed E-state index contributed by atoms with van der Waals surface area (Å²) in [5, 5.41) is 9.30. The van der Waals surface area contributed by atoms with E-state index >= 15 is 0 Å². The molecule has 0 aliphatic carbocycles. The van der Waals surface area contributed by atoms with Crippen molar-refractivity contribution in [2.24, 2.45) is 0 Å². The van der Waals surface area contributed by atoms with Crippen LogP contribution in [0.1, 0.15) is 22.3 Å². The van der Waals surface area contributed by atoms with E-state index in [0.717, 1.165) is 19.6 Å². The number of morpholine rings is 1. The van der Waals surface area contributed by atoms with Gasteiger partial charge in [0.15, 0.2) is 0 Å². The second-order valence-corrected chi connectivity index (χ2v) is 7.32. The van der Waals surface area contributed by atoms with Crippen molar-refractivity contribution in [3.8, 4) is 0 Å². The van der Waals surface area contributed by atoms with Gasteiger partial charge in [0.2, 0.25) is 5.91 Å². The first kappa shape index (κ1) is 19.5. The van der Waals surface area contributed by atoms with E-state index in [9.17, 15) is 9.59 Å². The van der Waals surface area contributed by atoms with E-state index in [1.165, 1.54) is 16.9 Å². The van der Waals surface area contributed by atoms with Crippen molar-refractivity contribution in [1.29, 1.82) is 0 Å². The normalized spacial score (nSPS) is 17.4. The Balaban J connectivity index is 1.33. The van der Waals surface area contributed by atoms with Gasteiger partial charge >= 0.3 is 0 Å². The molecule has 2 aromatic rings. The number of carbonyl (C=O) groups is 2. The van der Waals surface area contributed by atoms with Gasteiger partial charge in [0.05, 0.1) is 12.7 Å². The summed E-state index contributed by atoms with van der Waals surface area (Å²) in [6.45, 7) is 4.07. The summed E-state index contributed by atoms with van der Waals surface area (Å²) >= 11 is 1.47. The van der Waals surface area contributed by atoms with Gasteiger partial charge in [-0.15, -0.1) is 0 Å². The zero-order valence-corrected chi connectivity index (χ0v) is 16.0. The second-order valence-electron chi connectivity index (χ2n) is 6.54. The lowest BCUT2D eigenvalue weighted by Gasteiger charge is -2.33. The number of amides is 2. The summed E-state index contributed by atoms with van der Waals surface area (Å²) in [4.78, 5) is 26.2. The van der Waals surface area contributed by atoms with Crippen LogP contribution >= 0.6 is 11.3 Å². The lowest BCUT2D eigenvalue weighted by Crippen LogP contribution is -2.47. The smallest absolute Gasteiger partial charge is 0.252 e. The minimum Gasteiger partial charge on any atom is -0.374 e. The van der Waals surface area contributed by atoms with Crippen molar-refractivity contribution in [2.45, 2.75) is 19.1 Å². The van der Waals surface area contributed by atoms with E-state index in [2.05, 4.69) is 27.7 Å². The van der Waals surface area contributed by atoms with Crippen molar-refractivity contribution < 1.29 is 14.3 Å². The SMILES string of the molecule is O=C(CCNC(=O)c1ccsc1)NCC1CN(Cc2ccccc2)CCO1. The fourth-order valence-electron chi connectivity index (χ4n) is 2.99. The zero-order chi connectivity index (χ0) is 18.9. The summed E-state index contributed by atoms with van der Waals surface area (Å²) in [5.41, 5.74) is 1.91. The highest BCUT2D eigenvalue weighted by Crippen LogP contribution is 2.10. The predicted molar refractivity (Wildman–Crippen MR) is 106 cm³/mol. The molecule has 1 unspecified atom stereocenters. The molecule has 0 saturated carbocycles. The highest BCUT2D eigenvalue weighted by Gasteiger charge is 2.21. The van der Waals surface area contributed by atoms with E-state index in [-0.39, 0.29) is 24.3 Å². The first-order valence-electron chi connectivity index (χ1n) is 9.15. The molecular formula is C20H25N3O3S. The molecule has 1 aliphatic rings. The third kappa shape index (κ3) is 6.46. The van der Waals surface area contributed by atoms with Gasteiger partial charge in [0.1, 0.15) is 0 Å². The molecule has 27 heavy (non-hydrogen) atoms. The molecule has 1 fully saturated rings. The molecular weight excluding hydrogens is 362 g/mol. The minimum atomic E-state index is -0.142. The molecule has 2 heterocycles. The Bertz CT molecular complexity index is 721. The molecule has 7 heteroatoms. The van der Waals surface area contributed by atoms with E-state index in [1.54, 1.807) is 11.4 Å². The number of hydrogen-bond donors (Lipinski definition) is 2. The standard InChI is InChI=1S/C20H25N3O3S/c24-19(6-8-21-20(25)17-7-11-27-15-17)22-12-18-14-23(9-10-26-18)13-16-4-2-1-3-5-16/h1-5,7,11,15,18H,6,8-10,12-14H2,(H,21,25)(H,22,24). The molecule has 2 N–H and O–H groups in total. The zero-order valence-electron chi connectivity index (χ0n) is 15.2. The molecule has 0 radical (unpaired) electrons. The first-order chi connectivity index (χ1) is 13.2. The topological polar surface area (TPSA) is 70.7 Å². The summed E-state index contributed by atoms with van der Waals surface area (Å²) in [5.74, 6) is -0.222. The lowest BCUT2D eigenvalue weighted by atomic mass is 10.2. The van der Waals surface area contributed by atoms with Gasteiger partial charge in [0.25, 0.3) is 5.91 Å². The van der Waals surface area contributed by atoms with E-state index < -0.39 is 0 Å². The Morgan fingerprint density at radius 1 is 1.19 bits per heavy atom. The molecule has 0 bridgehead atoms. The van der Waals surface area contributed by atoms with Crippen molar-refractivity contribution in [1.82, 2.24) is 15.5 Å². The van der Waals surface area contributed by atoms with Gasteiger partial charge in [-0.2, -0.15) is 11.3 Å². The molecule has 0 spiro atoms. The van der Waals surface area contributed by atoms with Crippen molar-refractivity contribution in [2.75, 3.05) is 32.8 Å². The van der Waals surface area contributed by atoms with E-state index in [0.29, 0.717) is 25.3 Å². The van der Waals surface area contributed by atoms with Gasteiger partial charge in [-0.25, -0.2) is 0 Å². The Morgan fingerprint density at radius 3 is 2.81 bits per heavy atom. The Morgan fingerprint density at radius 2 is 2.04 bits per heavy atom. The molecule has 1 aromatic heterocycles. The number of benzene rings is 1. The van der Waals surface area contributed by atoms with Crippen LogP contribution < -0.4 is 10.6 Å². The highest BCUT2D eigenvalue weighted by atomic mass is 32.1. The van der Waals surface area contributed by atoms with Crippen LogP contribution in [-0.2, 0) is 16.1 Å². The third-order valence-corrected chi connectivity index (χ3v) is 5.10. The fourth-order valence-corrected chi connectivity index (χ4v) is 3.63. The van der Waals surface area contributed by atoms with Crippen LogP contribution in [0.2, 0.25) is 0 Å². The van der Waals surface area contributed by atoms with Crippen LogP contribution in [0.3, 0.4) is 0 Å². The Kier molecular flexibility index (Phi) is 7.38. The number of nitrogens with one attached hydrogen (secondary N) is 2.